The third-order valence-corrected chi connectivity index (χ3v) is 6.55. The van der Waals surface area contributed by atoms with Crippen LogP contribution >= 0.6 is 15.9 Å². The fourth-order valence-electron chi connectivity index (χ4n) is 3.89. The van der Waals surface area contributed by atoms with Crippen molar-refractivity contribution >= 4 is 22.4 Å². The van der Waals surface area contributed by atoms with Gasteiger partial charge in [0.25, 0.3) is 6.47 Å². The van der Waals surface area contributed by atoms with E-state index < -0.39 is 0 Å². The summed E-state index contributed by atoms with van der Waals surface area (Å²) in [7, 11) is 1.77. The molecule has 0 amide bonds. The highest BCUT2D eigenvalue weighted by atomic mass is 79.9. The van der Waals surface area contributed by atoms with Crippen molar-refractivity contribution in [2.75, 3.05) is 19.0 Å². The van der Waals surface area contributed by atoms with Crippen LogP contribution in [0.2, 0.25) is 0 Å². The molecule has 0 saturated carbocycles. The molecule has 1 unspecified atom stereocenters. The van der Waals surface area contributed by atoms with E-state index >= 15 is 0 Å². The zero-order valence-corrected chi connectivity index (χ0v) is 25.6. The van der Waals surface area contributed by atoms with Gasteiger partial charge in [-0.05, 0) is 38.5 Å². The Kier molecular flexibility index (Phi) is 45.3. The minimum atomic E-state index is 0.170. The van der Waals surface area contributed by atoms with Crippen molar-refractivity contribution in [2.45, 2.75) is 169 Å². The summed E-state index contributed by atoms with van der Waals surface area (Å²) >= 11 is 3.42. The van der Waals surface area contributed by atoms with Crippen LogP contribution in [-0.4, -0.2) is 31.6 Å². The van der Waals surface area contributed by atoms with Crippen LogP contribution in [0.15, 0.2) is 0 Å². The van der Waals surface area contributed by atoms with Crippen LogP contribution in [0, 0.1) is 0 Å². The second-order valence-corrected chi connectivity index (χ2v) is 9.92. The number of carbonyl (C=O) groups excluding carboxylic acids is 1. The predicted octanol–water partition coefficient (Wildman–Crippen LogP) is 10.8. The lowest BCUT2D eigenvalue weighted by Gasteiger charge is -2.14. The molecule has 0 bridgehead atoms. The number of ether oxygens (including phenoxy) is 2. The average Bonchev–Trinajstić information content (AvgIpc) is 2.86. The molecule has 0 N–H and O–H groups in total. The third kappa shape index (κ3) is 39.1. The molecule has 0 aromatic carbocycles. The van der Waals surface area contributed by atoms with Crippen molar-refractivity contribution in [3.63, 3.8) is 0 Å². The molecule has 1 atom stereocenters. The Hall–Kier alpha value is -0.0900. The van der Waals surface area contributed by atoms with Gasteiger partial charge >= 0.3 is 0 Å². The van der Waals surface area contributed by atoms with Crippen molar-refractivity contribution in [3.05, 3.63) is 0 Å². The Labute approximate surface area is 224 Å². The second kappa shape index (κ2) is 40.1. The number of carbonyl (C=O) groups is 1. The summed E-state index contributed by atoms with van der Waals surface area (Å²) in [6.07, 6.45) is 27.5. The van der Waals surface area contributed by atoms with Crippen molar-refractivity contribution in [1.29, 1.82) is 0 Å². The maximum Gasteiger partial charge on any atom is 0.293 e. The number of halogens is 1. The molecule has 0 aliphatic heterocycles. The highest BCUT2D eigenvalue weighted by Gasteiger charge is 2.08. The molecule has 208 valence electrons. The fraction of sp³-hybridized carbons (Fsp3) is 0.967. The molecule has 4 heteroatoms. The van der Waals surface area contributed by atoms with Crippen LogP contribution in [0.4, 0.5) is 0 Å². The van der Waals surface area contributed by atoms with E-state index in [4.69, 9.17) is 9.47 Å². The maximum atomic E-state index is 10.5. The molecule has 0 aliphatic carbocycles. The fourth-order valence-corrected chi connectivity index (χ4v) is 4.28. The Balaban J connectivity index is -0.000000621. The van der Waals surface area contributed by atoms with Crippen molar-refractivity contribution < 1.29 is 14.3 Å². The van der Waals surface area contributed by atoms with Gasteiger partial charge in [-0.2, -0.15) is 0 Å². The first-order valence-corrected chi connectivity index (χ1v) is 16.0. The Bertz CT molecular complexity index is 318. The predicted molar refractivity (Wildman–Crippen MR) is 156 cm³/mol. The highest BCUT2D eigenvalue weighted by Crippen LogP contribution is 2.16. The molecule has 0 saturated heterocycles. The number of hydrogen-bond donors (Lipinski definition) is 0. The van der Waals surface area contributed by atoms with Gasteiger partial charge < -0.3 is 9.47 Å². The van der Waals surface area contributed by atoms with E-state index in [0.717, 1.165) is 24.8 Å². The van der Waals surface area contributed by atoms with Crippen molar-refractivity contribution in [3.8, 4) is 0 Å². The van der Waals surface area contributed by atoms with Gasteiger partial charge in [0.1, 0.15) is 6.10 Å². The lowest BCUT2D eigenvalue weighted by molar-refractivity contribution is -0.134. The van der Waals surface area contributed by atoms with Crippen molar-refractivity contribution in [1.82, 2.24) is 0 Å². The molecule has 0 aliphatic rings. The molecule has 0 fully saturated rings. The minimum Gasteiger partial charge on any atom is -0.465 e. The van der Waals surface area contributed by atoms with Gasteiger partial charge in [0.2, 0.25) is 0 Å². The number of unbranched alkanes of at least 4 members (excludes halogenated alkanes) is 16. The zero-order chi connectivity index (χ0) is 26.0. The largest absolute Gasteiger partial charge is 0.465 e. The van der Waals surface area contributed by atoms with E-state index in [1.165, 1.54) is 122 Å². The van der Waals surface area contributed by atoms with Gasteiger partial charge in [0, 0.05) is 19.0 Å². The Morgan fingerprint density at radius 2 is 1.00 bits per heavy atom. The molecule has 34 heavy (non-hydrogen) atoms. The first-order chi connectivity index (χ1) is 16.8. The lowest BCUT2D eigenvalue weighted by Crippen LogP contribution is -2.12. The van der Waals surface area contributed by atoms with E-state index in [9.17, 15) is 4.79 Å². The molecular formula is C30H63BrO3. The van der Waals surface area contributed by atoms with Crippen LogP contribution in [0.3, 0.4) is 0 Å². The van der Waals surface area contributed by atoms with E-state index in [1.807, 2.05) is 13.8 Å². The molecule has 0 aromatic heterocycles. The maximum absolute atomic E-state index is 10.5. The average molecular weight is 552 g/mol. The molecule has 0 aromatic rings. The molecule has 0 heterocycles. The Morgan fingerprint density at radius 3 is 1.41 bits per heavy atom. The van der Waals surface area contributed by atoms with Crippen LogP contribution < -0.4 is 0 Å². The summed E-state index contributed by atoms with van der Waals surface area (Å²) < 4.78 is 10.2. The van der Waals surface area contributed by atoms with E-state index in [2.05, 4.69) is 29.8 Å². The summed E-state index contributed by atoms with van der Waals surface area (Å²) in [5.41, 5.74) is 0. The summed E-state index contributed by atoms with van der Waals surface area (Å²) in [6, 6.07) is 0. The first-order valence-electron chi connectivity index (χ1n) is 14.9. The number of hydrogen-bond acceptors (Lipinski definition) is 3. The standard InChI is InChI=1S/C19H38O2.C9H19BrO.C2H6/c1-3-5-7-9-10-11-12-13-15-17-19(21-18-20)16-14-8-6-4-2;1-11-9-7-5-3-2-4-6-8-10;1-2/h18-19H,3-17H2,1-2H3;2-9H2,1H3;1-2H3. The van der Waals surface area contributed by atoms with Gasteiger partial charge in [-0.3, -0.25) is 4.79 Å². The van der Waals surface area contributed by atoms with Gasteiger partial charge in [0.15, 0.2) is 0 Å². The first kappa shape index (κ1) is 38.4. The summed E-state index contributed by atoms with van der Waals surface area (Å²) in [5, 5.41) is 1.16. The molecule has 3 nitrogen and oxygen atoms in total. The van der Waals surface area contributed by atoms with E-state index in [1.54, 1.807) is 7.11 Å². The lowest BCUT2D eigenvalue weighted by atomic mass is 10.0. The van der Waals surface area contributed by atoms with Gasteiger partial charge in [-0.15, -0.1) is 0 Å². The van der Waals surface area contributed by atoms with Crippen molar-refractivity contribution in [2.24, 2.45) is 0 Å². The molecule has 0 radical (unpaired) electrons. The third-order valence-electron chi connectivity index (χ3n) is 5.99. The van der Waals surface area contributed by atoms with Gasteiger partial charge in [-0.25, -0.2) is 0 Å². The quantitative estimate of drug-likeness (QED) is 0.0643. The van der Waals surface area contributed by atoms with Crippen LogP contribution in [0.25, 0.3) is 0 Å². The second-order valence-electron chi connectivity index (χ2n) is 9.12. The monoisotopic (exact) mass is 550 g/mol. The normalized spacial score (nSPS) is 11.1. The van der Waals surface area contributed by atoms with Gasteiger partial charge in [0.05, 0.1) is 0 Å². The number of methoxy groups -OCH3 is 1. The zero-order valence-electron chi connectivity index (χ0n) is 24.0. The SMILES string of the molecule is CC.CCCCCCCCCCCC(CCCCCC)OC=O.COCCCCCCCCBr. The molecule has 0 spiro atoms. The van der Waals surface area contributed by atoms with Crippen LogP contribution in [0.5, 0.6) is 0 Å². The number of alkyl halides is 1. The highest BCUT2D eigenvalue weighted by molar-refractivity contribution is 9.09. The smallest absolute Gasteiger partial charge is 0.293 e. The summed E-state index contributed by atoms with van der Waals surface area (Å²) in [5.74, 6) is 0. The van der Waals surface area contributed by atoms with Crippen LogP contribution in [-0.2, 0) is 14.3 Å². The van der Waals surface area contributed by atoms with E-state index in [0.29, 0.717) is 6.47 Å². The van der Waals surface area contributed by atoms with Crippen LogP contribution in [0.1, 0.15) is 163 Å². The summed E-state index contributed by atoms with van der Waals surface area (Å²) in [4.78, 5) is 10.5. The topological polar surface area (TPSA) is 35.5 Å². The van der Waals surface area contributed by atoms with Gasteiger partial charge in [-0.1, -0.05) is 140 Å². The molecule has 0 rings (SSSR count). The molecular weight excluding hydrogens is 488 g/mol. The number of rotatable bonds is 25. The van der Waals surface area contributed by atoms with E-state index in [-0.39, 0.29) is 6.10 Å². The summed E-state index contributed by atoms with van der Waals surface area (Å²) in [6.45, 7) is 10.1. The Morgan fingerprint density at radius 1 is 0.618 bits per heavy atom. The minimum absolute atomic E-state index is 0.170.